The molecular weight excluding hydrogens is 529 g/mol. The molecule has 4 rings (SSSR count). The molecule has 0 spiro atoms. The average molecular weight is 557 g/mol. The third-order valence-electron chi connectivity index (χ3n) is 6.22. The number of fused-ring (bicyclic) bond motifs is 1. The Kier molecular flexibility index (Phi) is 7.78. The van der Waals surface area contributed by atoms with Crippen LogP contribution in [-0.2, 0) is 11.6 Å². The number of ketones is 1. The van der Waals surface area contributed by atoms with Gasteiger partial charge in [-0.05, 0) is 42.5 Å². The number of ether oxygens (including phenoxy) is 5. The highest BCUT2D eigenvalue weighted by atomic mass is 31.2. The lowest BCUT2D eigenvalue weighted by atomic mass is 9.96. The SMILES string of the molecule is COc1ccc2c(C(=O)c3cc(OC)c(OC)c(OC)c3)c(-c3ccc(OC)c(OP(=O)(O)O)c3)n(C)c2c1. The summed E-state index contributed by atoms with van der Waals surface area (Å²) >= 11 is 0. The van der Waals surface area contributed by atoms with Crippen molar-refractivity contribution in [1.29, 1.82) is 0 Å². The quantitative estimate of drug-likeness (QED) is 0.211. The van der Waals surface area contributed by atoms with Gasteiger partial charge in [0.15, 0.2) is 28.8 Å². The lowest BCUT2D eigenvalue weighted by Gasteiger charge is -2.15. The number of phosphoric acid groups is 1. The van der Waals surface area contributed by atoms with Gasteiger partial charge in [0, 0.05) is 29.6 Å². The van der Waals surface area contributed by atoms with Crippen LogP contribution in [0.1, 0.15) is 15.9 Å². The van der Waals surface area contributed by atoms with Crippen molar-refractivity contribution in [3.63, 3.8) is 0 Å². The summed E-state index contributed by atoms with van der Waals surface area (Å²) in [7, 11) is 4.15. The van der Waals surface area contributed by atoms with E-state index in [4.69, 9.17) is 28.2 Å². The smallest absolute Gasteiger partial charge is 0.497 e. The number of phosphoric ester groups is 1. The highest BCUT2D eigenvalue weighted by molar-refractivity contribution is 7.46. The van der Waals surface area contributed by atoms with E-state index in [1.54, 1.807) is 55.1 Å². The molecule has 206 valence electrons. The summed E-state index contributed by atoms with van der Waals surface area (Å²) in [5.74, 6) is 1.12. The Morgan fingerprint density at radius 3 is 1.95 bits per heavy atom. The molecule has 1 aromatic heterocycles. The summed E-state index contributed by atoms with van der Waals surface area (Å²) in [5.41, 5.74) is 2.21. The van der Waals surface area contributed by atoms with Gasteiger partial charge in [0.05, 0.1) is 52.3 Å². The maximum atomic E-state index is 14.2. The zero-order valence-electron chi connectivity index (χ0n) is 22.2. The number of hydrogen-bond acceptors (Lipinski definition) is 8. The molecule has 0 bridgehead atoms. The number of aryl methyl sites for hydroxylation is 1. The molecule has 0 atom stereocenters. The van der Waals surface area contributed by atoms with Gasteiger partial charge in [0.1, 0.15) is 5.75 Å². The second-order valence-electron chi connectivity index (χ2n) is 8.36. The normalized spacial score (nSPS) is 11.3. The minimum atomic E-state index is -4.90. The van der Waals surface area contributed by atoms with Crippen LogP contribution in [0.2, 0.25) is 0 Å². The molecule has 0 aliphatic rings. The fraction of sp³-hybridized carbons (Fsp3) is 0.222. The zero-order chi connectivity index (χ0) is 28.5. The summed E-state index contributed by atoms with van der Waals surface area (Å²) < 4.78 is 45.2. The van der Waals surface area contributed by atoms with E-state index in [2.05, 4.69) is 0 Å². The van der Waals surface area contributed by atoms with Gasteiger partial charge in [0.25, 0.3) is 0 Å². The van der Waals surface area contributed by atoms with E-state index >= 15 is 0 Å². The molecule has 2 N–H and O–H groups in total. The van der Waals surface area contributed by atoms with E-state index in [0.29, 0.717) is 50.7 Å². The Hall–Kier alpha value is -4.18. The Labute approximate surface area is 224 Å². The van der Waals surface area contributed by atoms with Gasteiger partial charge >= 0.3 is 7.82 Å². The fourth-order valence-corrected chi connectivity index (χ4v) is 4.89. The minimum absolute atomic E-state index is 0.111. The molecule has 0 aliphatic carbocycles. The standard InChI is InChI=1S/C27H28NO10P/c1-28-19-14-17(33-2)8-9-18(19)24(26(29)16-12-22(35-4)27(37-6)23(13-16)36-5)25(28)15-7-10-20(34-3)21(11-15)38-39(30,31)32/h7-14H,1-6H3,(H2,30,31,32). The molecule has 11 nitrogen and oxygen atoms in total. The van der Waals surface area contributed by atoms with Gasteiger partial charge in [-0.1, -0.05) is 0 Å². The van der Waals surface area contributed by atoms with Crippen LogP contribution in [0.4, 0.5) is 0 Å². The van der Waals surface area contributed by atoms with E-state index in [1.165, 1.54) is 40.6 Å². The van der Waals surface area contributed by atoms with Crippen molar-refractivity contribution < 1.29 is 47.4 Å². The number of aromatic nitrogens is 1. The molecule has 0 saturated carbocycles. The van der Waals surface area contributed by atoms with Crippen molar-refractivity contribution in [3.05, 3.63) is 59.7 Å². The number of nitrogens with zero attached hydrogens (tertiary/aromatic N) is 1. The van der Waals surface area contributed by atoms with Gasteiger partial charge in [-0.3, -0.25) is 14.6 Å². The van der Waals surface area contributed by atoms with Crippen LogP contribution in [0.5, 0.6) is 34.5 Å². The second-order valence-corrected chi connectivity index (χ2v) is 9.52. The number of benzene rings is 3. The van der Waals surface area contributed by atoms with Crippen molar-refractivity contribution in [2.75, 3.05) is 35.5 Å². The topological polar surface area (TPSA) is 135 Å². The zero-order valence-corrected chi connectivity index (χ0v) is 23.1. The average Bonchev–Trinajstić information content (AvgIpc) is 3.21. The molecule has 3 aromatic carbocycles. The van der Waals surface area contributed by atoms with Crippen molar-refractivity contribution in [2.45, 2.75) is 0 Å². The van der Waals surface area contributed by atoms with Crippen molar-refractivity contribution >= 4 is 24.5 Å². The van der Waals surface area contributed by atoms with E-state index in [0.717, 1.165) is 0 Å². The lowest BCUT2D eigenvalue weighted by molar-refractivity contribution is 0.104. The van der Waals surface area contributed by atoms with E-state index in [-0.39, 0.29) is 22.8 Å². The van der Waals surface area contributed by atoms with E-state index < -0.39 is 7.82 Å². The van der Waals surface area contributed by atoms with Crippen molar-refractivity contribution in [1.82, 2.24) is 4.57 Å². The fourth-order valence-electron chi connectivity index (χ4n) is 4.49. The van der Waals surface area contributed by atoms with Gasteiger partial charge in [-0.15, -0.1) is 0 Å². The van der Waals surface area contributed by atoms with Gasteiger partial charge in [-0.25, -0.2) is 4.57 Å². The highest BCUT2D eigenvalue weighted by Crippen LogP contribution is 2.46. The van der Waals surface area contributed by atoms with Crippen LogP contribution < -0.4 is 28.2 Å². The van der Waals surface area contributed by atoms with Gasteiger partial charge in [-0.2, -0.15) is 0 Å². The second kappa shape index (κ2) is 10.9. The van der Waals surface area contributed by atoms with Gasteiger partial charge < -0.3 is 32.8 Å². The number of hydrogen-bond donors (Lipinski definition) is 2. The predicted octanol–water partition coefficient (Wildman–Crippen LogP) is 4.59. The van der Waals surface area contributed by atoms with Crippen LogP contribution in [0.3, 0.4) is 0 Å². The third-order valence-corrected chi connectivity index (χ3v) is 6.65. The number of methoxy groups -OCH3 is 5. The molecule has 4 aromatic rings. The van der Waals surface area contributed by atoms with Crippen LogP contribution >= 0.6 is 7.82 Å². The first kappa shape index (κ1) is 27.8. The van der Waals surface area contributed by atoms with Crippen LogP contribution in [-0.4, -0.2) is 55.7 Å². The van der Waals surface area contributed by atoms with E-state index in [9.17, 15) is 19.1 Å². The molecule has 0 unspecified atom stereocenters. The molecule has 0 amide bonds. The monoisotopic (exact) mass is 557 g/mol. The largest absolute Gasteiger partial charge is 0.524 e. The Balaban J connectivity index is 2.03. The molecule has 12 heteroatoms. The molecule has 1 heterocycles. The number of carbonyl (C=O) groups is 1. The van der Waals surface area contributed by atoms with Gasteiger partial charge in [0.2, 0.25) is 5.75 Å². The van der Waals surface area contributed by atoms with Crippen LogP contribution in [0.15, 0.2) is 48.5 Å². The molecular formula is C27H28NO10P. The maximum absolute atomic E-state index is 14.2. The Morgan fingerprint density at radius 1 is 0.769 bits per heavy atom. The third kappa shape index (κ3) is 5.24. The summed E-state index contributed by atoms with van der Waals surface area (Å²) in [6.07, 6.45) is 0. The summed E-state index contributed by atoms with van der Waals surface area (Å²) in [6, 6.07) is 13.0. The minimum Gasteiger partial charge on any atom is -0.497 e. The van der Waals surface area contributed by atoms with Crippen molar-refractivity contribution in [3.8, 4) is 45.8 Å². The number of rotatable bonds is 10. The molecule has 0 fully saturated rings. The Bertz CT molecular complexity index is 1580. The summed E-state index contributed by atoms with van der Waals surface area (Å²) in [6.45, 7) is 0. The predicted molar refractivity (Wildman–Crippen MR) is 144 cm³/mol. The van der Waals surface area contributed by atoms with Crippen LogP contribution in [0, 0.1) is 0 Å². The lowest BCUT2D eigenvalue weighted by Crippen LogP contribution is -2.06. The highest BCUT2D eigenvalue weighted by Gasteiger charge is 2.27. The summed E-state index contributed by atoms with van der Waals surface area (Å²) in [4.78, 5) is 33.1. The Morgan fingerprint density at radius 2 is 1.41 bits per heavy atom. The first-order chi connectivity index (χ1) is 18.6. The molecule has 0 saturated heterocycles. The maximum Gasteiger partial charge on any atom is 0.524 e. The molecule has 0 radical (unpaired) electrons. The first-order valence-electron chi connectivity index (χ1n) is 11.5. The molecule has 0 aliphatic heterocycles. The summed E-state index contributed by atoms with van der Waals surface area (Å²) in [5, 5.41) is 0.625. The van der Waals surface area contributed by atoms with Crippen molar-refractivity contribution in [2.24, 2.45) is 7.05 Å². The van der Waals surface area contributed by atoms with E-state index in [1.807, 2.05) is 0 Å². The van der Waals surface area contributed by atoms with Crippen LogP contribution in [0.25, 0.3) is 22.2 Å². The molecule has 39 heavy (non-hydrogen) atoms. The number of carbonyl (C=O) groups excluding carboxylic acids is 1. The first-order valence-corrected chi connectivity index (χ1v) is 13.0.